The van der Waals surface area contributed by atoms with Gasteiger partial charge in [0, 0.05) is 15.9 Å². The first-order valence-corrected chi connectivity index (χ1v) is 12.5. The van der Waals surface area contributed by atoms with E-state index in [-0.39, 0.29) is 13.2 Å². The highest BCUT2D eigenvalue weighted by atomic mass is 35.5. The minimum atomic E-state index is -3.82. The number of ether oxygens (including phenoxy) is 1. The minimum absolute atomic E-state index is 0.257. The van der Waals surface area contributed by atoms with Gasteiger partial charge in [0.25, 0.3) is 5.91 Å². The Morgan fingerprint density at radius 3 is 2.74 bits per heavy atom. The summed E-state index contributed by atoms with van der Waals surface area (Å²) in [5.74, 6) is 0.000827. The Morgan fingerprint density at radius 1 is 1.29 bits per heavy atom. The van der Waals surface area contributed by atoms with Crippen molar-refractivity contribution in [2.45, 2.75) is 12.1 Å². The van der Waals surface area contributed by atoms with Crippen LogP contribution in [0.1, 0.15) is 17.6 Å². The first kappa shape index (κ1) is 22.1. The second-order valence-corrected chi connectivity index (χ2v) is 10.3. The lowest BCUT2D eigenvalue weighted by Gasteiger charge is -2.32. The van der Waals surface area contributed by atoms with Gasteiger partial charge < -0.3 is 13.8 Å². The van der Waals surface area contributed by atoms with E-state index in [9.17, 15) is 9.36 Å². The predicted octanol–water partition coefficient (Wildman–Crippen LogP) is 6.41. The van der Waals surface area contributed by atoms with E-state index in [0.29, 0.717) is 28.4 Å². The van der Waals surface area contributed by atoms with E-state index in [1.165, 1.54) is 29.5 Å². The normalized spacial score (nSPS) is 16.6. The summed E-state index contributed by atoms with van der Waals surface area (Å²) in [5.41, 5.74) is -0.140. The van der Waals surface area contributed by atoms with Crippen molar-refractivity contribution in [3.05, 3.63) is 71.2 Å². The molecule has 9 heteroatoms. The van der Waals surface area contributed by atoms with E-state index >= 15 is 0 Å². The van der Waals surface area contributed by atoms with Crippen molar-refractivity contribution in [3.8, 4) is 5.75 Å². The first-order valence-electron chi connectivity index (χ1n) is 9.62. The molecule has 0 saturated carbocycles. The zero-order chi connectivity index (χ0) is 22.0. The Morgan fingerprint density at radius 2 is 2.03 bits per heavy atom. The maximum atomic E-state index is 13.9. The van der Waals surface area contributed by atoms with Gasteiger partial charge in [-0.15, -0.1) is 11.3 Å². The molecule has 1 saturated heterocycles. The molecule has 31 heavy (non-hydrogen) atoms. The molecule has 162 valence electrons. The van der Waals surface area contributed by atoms with Gasteiger partial charge in [0.2, 0.25) is 0 Å². The topological polar surface area (TPSA) is 65.1 Å². The first-order chi connectivity index (χ1) is 15.0. The van der Waals surface area contributed by atoms with Crippen LogP contribution in [0.5, 0.6) is 5.75 Å². The fourth-order valence-corrected chi connectivity index (χ4v) is 6.90. The summed E-state index contributed by atoms with van der Waals surface area (Å²) in [7, 11) is -2.30. The van der Waals surface area contributed by atoms with Crippen molar-refractivity contribution >= 4 is 52.2 Å². The number of carbonyl (C=O) groups excluding carboxylic acids is 1. The van der Waals surface area contributed by atoms with Gasteiger partial charge in [-0.1, -0.05) is 30.3 Å². The lowest BCUT2D eigenvalue weighted by molar-refractivity contribution is -0.118. The monoisotopic (exact) mass is 477 g/mol. The number of para-hydroxylation sites is 2. The van der Waals surface area contributed by atoms with Gasteiger partial charge in [0.05, 0.1) is 26.0 Å². The minimum Gasteiger partial charge on any atom is -0.495 e. The number of amides is 1. The molecule has 0 radical (unpaired) electrons. The summed E-state index contributed by atoms with van der Waals surface area (Å²) >= 11 is 7.66. The van der Waals surface area contributed by atoms with Crippen LogP contribution in [0.3, 0.4) is 0 Å². The summed E-state index contributed by atoms with van der Waals surface area (Å²) in [5, 5.41) is 3.08. The third-order valence-corrected chi connectivity index (χ3v) is 8.44. The molecular formula is C22H21ClNO5PS. The van der Waals surface area contributed by atoms with E-state index < -0.39 is 19.2 Å². The average Bonchev–Trinajstić information content (AvgIpc) is 3.17. The molecule has 1 aliphatic heterocycles. The number of methoxy groups -OCH3 is 1. The molecule has 1 unspecified atom stereocenters. The van der Waals surface area contributed by atoms with E-state index in [0.717, 1.165) is 10.1 Å². The molecular weight excluding hydrogens is 457 g/mol. The van der Waals surface area contributed by atoms with Crippen molar-refractivity contribution in [1.29, 1.82) is 0 Å². The third kappa shape index (κ3) is 4.16. The zero-order valence-corrected chi connectivity index (χ0v) is 19.3. The summed E-state index contributed by atoms with van der Waals surface area (Å²) in [6.45, 7) is 4.31. The van der Waals surface area contributed by atoms with Crippen molar-refractivity contribution < 1.29 is 23.1 Å². The number of thiophene rings is 1. The third-order valence-electron chi connectivity index (χ3n) is 5.01. The Bertz CT molecular complexity index is 1170. The number of hydrogen-bond donors (Lipinski definition) is 0. The van der Waals surface area contributed by atoms with Crippen molar-refractivity contribution in [1.82, 2.24) is 0 Å². The molecule has 0 spiro atoms. The van der Waals surface area contributed by atoms with Crippen LogP contribution in [0.15, 0.2) is 60.6 Å². The van der Waals surface area contributed by atoms with E-state index in [4.69, 9.17) is 25.4 Å². The highest BCUT2D eigenvalue weighted by molar-refractivity contribution is 7.55. The van der Waals surface area contributed by atoms with Gasteiger partial charge in [-0.25, -0.2) is 0 Å². The van der Waals surface area contributed by atoms with Gasteiger partial charge in [-0.2, -0.15) is 0 Å². The van der Waals surface area contributed by atoms with Crippen LogP contribution in [0, 0.1) is 0 Å². The molecule has 0 bridgehead atoms. The summed E-state index contributed by atoms with van der Waals surface area (Å²) in [6.07, 6.45) is 1.99. The molecule has 4 rings (SSSR count). The van der Waals surface area contributed by atoms with Crippen LogP contribution < -0.4 is 9.64 Å². The lowest BCUT2D eigenvalue weighted by Crippen LogP contribution is -2.32. The number of benzene rings is 2. The van der Waals surface area contributed by atoms with E-state index in [1.54, 1.807) is 36.4 Å². The van der Waals surface area contributed by atoms with Gasteiger partial charge >= 0.3 is 7.60 Å². The molecule has 6 nitrogen and oxygen atoms in total. The summed E-state index contributed by atoms with van der Waals surface area (Å²) < 4.78 is 31.4. The number of anilines is 1. The molecule has 0 aliphatic carbocycles. The van der Waals surface area contributed by atoms with Gasteiger partial charge in [0.15, 0.2) is 5.66 Å². The number of carbonyl (C=O) groups is 1. The van der Waals surface area contributed by atoms with Crippen molar-refractivity contribution in [2.24, 2.45) is 0 Å². The van der Waals surface area contributed by atoms with Gasteiger partial charge in [-0.3, -0.25) is 14.3 Å². The molecule has 3 aromatic rings. The number of nitrogens with zero attached hydrogens (tertiary/aromatic N) is 1. The summed E-state index contributed by atoms with van der Waals surface area (Å²) in [6, 6.07) is 12.5. The Hall–Kier alpha value is -2.15. The second-order valence-electron chi connectivity index (χ2n) is 6.86. The zero-order valence-electron chi connectivity index (χ0n) is 16.8. The Balaban J connectivity index is 1.88. The molecule has 2 aromatic carbocycles. The molecule has 1 aliphatic rings. The van der Waals surface area contributed by atoms with Crippen LogP contribution in [-0.2, 0) is 18.4 Å². The highest BCUT2D eigenvalue weighted by Gasteiger charge is 2.47. The van der Waals surface area contributed by atoms with Crippen LogP contribution in [0.25, 0.3) is 10.1 Å². The Kier molecular flexibility index (Phi) is 6.51. The molecule has 1 amide bonds. The van der Waals surface area contributed by atoms with Crippen molar-refractivity contribution in [2.75, 3.05) is 25.2 Å². The highest BCUT2D eigenvalue weighted by Crippen LogP contribution is 2.64. The standard InChI is InChI=1S/C22H21ClNO5PS/c1-3-24(18-7-4-5-8-19(18)27-2)22(25)21(30(26)28-11-6-12-29-30)17-14-31-20-10-9-15(23)13-16(17)20/h3-5,7-10,13-14,21H,1,6,11-12H2,2H3. The molecule has 1 fully saturated rings. The molecule has 0 N–H and O–H groups in total. The average molecular weight is 478 g/mol. The maximum absolute atomic E-state index is 13.9. The molecule has 2 heterocycles. The summed E-state index contributed by atoms with van der Waals surface area (Å²) in [4.78, 5) is 15.2. The SMILES string of the molecule is C=CN(C(=O)C(c1csc2ccc(Cl)cc12)P1(=O)OCCCO1)c1ccccc1OC. The van der Waals surface area contributed by atoms with E-state index in [1.807, 2.05) is 11.4 Å². The van der Waals surface area contributed by atoms with E-state index in [2.05, 4.69) is 6.58 Å². The Labute approximate surface area is 189 Å². The maximum Gasteiger partial charge on any atom is 0.347 e. The largest absolute Gasteiger partial charge is 0.495 e. The second kappa shape index (κ2) is 9.15. The number of halogens is 1. The lowest BCUT2D eigenvalue weighted by atomic mass is 10.1. The van der Waals surface area contributed by atoms with Crippen LogP contribution in [0.2, 0.25) is 5.02 Å². The number of hydrogen-bond acceptors (Lipinski definition) is 6. The fraction of sp³-hybridized carbons (Fsp3) is 0.227. The van der Waals surface area contributed by atoms with Crippen LogP contribution >= 0.6 is 30.5 Å². The fourth-order valence-electron chi connectivity index (χ4n) is 3.57. The quantitative estimate of drug-likeness (QED) is 0.384. The van der Waals surface area contributed by atoms with Crippen molar-refractivity contribution in [3.63, 3.8) is 0 Å². The molecule has 1 aromatic heterocycles. The number of fused-ring (bicyclic) bond motifs is 1. The number of rotatable bonds is 6. The molecule has 1 atom stereocenters. The smallest absolute Gasteiger partial charge is 0.347 e. The predicted molar refractivity (Wildman–Crippen MR) is 124 cm³/mol. The van der Waals surface area contributed by atoms with Crippen LogP contribution in [-0.4, -0.2) is 26.2 Å². The van der Waals surface area contributed by atoms with Gasteiger partial charge in [0.1, 0.15) is 5.75 Å². The van der Waals surface area contributed by atoms with Crippen LogP contribution in [0.4, 0.5) is 5.69 Å². The van der Waals surface area contributed by atoms with Gasteiger partial charge in [-0.05, 0) is 53.1 Å².